The molecule has 1 atom stereocenters. The van der Waals surface area contributed by atoms with Crippen molar-refractivity contribution in [2.45, 2.75) is 33.2 Å². The van der Waals surface area contributed by atoms with Gasteiger partial charge in [0.05, 0.1) is 6.61 Å². The molecule has 2 N–H and O–H groups in total. The first-order valence-electron chi connectivity index (χ1n) is 6.15. The lowest BCUT2D eigenvalue weighted by Crippen LogP contribution is -2.37. The van der Waals surface area contributed by atoms with Gasteiger partial charge in [-0.1, -0.05) is 6.92 Å². The molecule has 0 spiro atoms. The summed E-state index contributed by atoms with van der Waals surface area (Å²) in [6, 6.07) is -0.329. The number of rotatable bonds is 7. The van der Waals surface area contributed by atoms with E-state index in [0.717, 1.165) is 6.42 Å². The first-order valence-corrected chi connectivity index (χ1v) is 6.53. The Balaban J connectivity index is 2.71. The van der Waals surface area contributed by atoms with Crippen LogP contribution in [0.3, 0.4) is 0 Å². The fourth-order valence-corrected chi connectivity index (χ4v) is 1.39. The number of hydrogen-bond acceptors (Lipinski definition) is 6. The maximum absolute atomic E-state index is 11.6. The second-order valence-corrected chi connectivity index (χ2v) is 4.16. The fourth-order valence-electron chi connectivity index (χ4n) is 1.24. The van der Waals surface area contributed by atoms with Crippen LogP contribution in [-0.4, -0.2) is 40.1 Å². The largest absolute Gasteiger partial charge is 0.463 e. The summed E-state index contributed by atoms with van der Waals surface area (Å²) in [4.78, 5) is 23.4. The molecule has 1 amide bonds. The predicted octanol–water partition coefficient (Wildman–Crippen LogP) is 1.25. The van der Waals surface area contributed by atoms with Gasteiger partial charge in [-0.2, -0.15) is 15.0 Å². The lowest BCUT2D eigenvalue weighted by Gasteiger charge is -2.13. The molecule has 7 nitrogen and oxygen atoms in total. The van der Waals surface area contributed by atoms with E-state index < -0.39 is 6.04 Å². The molecule has 0 radical (unpaired) electrons. The van der Waals surface area contributed by atoms with Crippen LogP contribution in [0.2, 0.25) is 5.28 Å². The van der Waals surface area contributed by atoms with E-state index in [1.165, 1.54) is 0 Å². The highest BCUT2D eigenvalue weighted by atomic mass is 35.5. The summed E-state index contributed by atoms with van der Waals surface area (Å²) >= 11 is 5.77. The number of carbonyl (C=O) groups is 1. The summed E-state index contributed by atoms with van der Waals surface area (Å²) in [5.41, 5.74) is 0. The smallest absolute Gasteiger partial charge is 0.322 e. The number of aromatic nitrogens is 3. The summed E-state index contributed by atoms with van der Waals surface area (Å²) < 4.78 is 5.28. The number of anilines is 1. The lowest BCUT2D eigenvalue weighted by molar-refractivity contribution is -0.121. The van der Waals surface area contributed by atoms with Crippen molar-refractivity contribution < 1.29 is 9.53 Å². The maximum Gasteiger partial charge on any atom is 0.322 e. The predicted molar refractivity (Wildman–Crippen MR) is 72.4 cm³/mol. The zero-order chi connectivity index (χ0) is 14.3. The minimum atomic E-state index is -0.475. The molecule has 0 saturated carbocycles. The molecule has 1 unspecified atom stereocenters. The summed E-state index contributed by atoms with van der Waals surface area (Å²) in [5, 5.41) is 5.56. The topological polar surface area (TPSA) is 89.0 Å². The average Bonchev–Trinajstić information content (AvgIpc) is 2.36. The van der Waals surface area contributed by atoms with E-state index in [-0.39, 0.29) is 23.1 Å². The maximum atomic E-state index is 11.6. The Morgan fingerprint density at radius 2 is 2.11 bits per heavy atom. The molecule has 0 aliphatic carbocycles. The fraction of sp³-hybridized carbons (Fsp3) is 0.636. The monoisotopic (exact) mass is 287 g/mol. The lowest BCUT2D eigenvalue weighted by atomic mass is 10.3. The molecular weight excluding hydrogens is 270 g/mol. The number of hydrogen-bond donors (Lipinski definition) is 2. The molecule has 1 heterocycles. The van der Waals surface area contributed by atoms with Crippen LogP contribution < -0.4 is 15.4 Å². The van der Waals surface area contributed by atoms with Gasteiger partial charge in [-0.3, -0.25) is 4.79 Å². The van der Waals surface area contributed by atoms with Crippen molar-refractivity contribution in [1.82, 2.24) is 20.3 Å². The average molecular weight is 288 g/mol. The van der Waals surface area contributed by atoms with E-state index in [9.17, 15) is 4.79 Å². The molecule has 0 fully saturated rings. The van der Waals surface area contributed by atoms with Crippen molar-refractivity contribution in [2.75, 3.05) is 18.5 Å². The van der Waals surface area contributed by atoms with Crippen molar-refractivity contribution in [3.63, 3.8) is 0 Å². The molecule has 106 valence electrons. The van der Waals surface area contributed by atoms with E-state index in [4.69, 9.17) is 16.3 Å². The highest BCUT2D eigenvalue weighted by Crippen LogP contribution is 2.12. The molecule has 1 aromatic heterocycles. The van der Waals surface area contributed by atoms with Crippen LogP contribution in [0.5, 0.6) is 6.01 Å². The zero-order valence-electron chi connectivity index (χ0n) is 11.2. The van der Waals surface area contributed by atoms with Crippen molar-refractivity contribution >= 4 is 23.5 Å². The minimum absolute atomic E-state index is 0.0201. The number of carbonyl (C=O) groups excluding carboxylic acids is 1. The van der Waals surface area contributed by atoms with E-state index in [1.54, 1.807) is 6.92 Å². The van der Waals surface area contributed by atoms with Gasteiger partial charge < -0.3 is 15.4 Å². The number of amides is 1. The summed E-state index contributed by atoms with van der Waals surface area (Å²) in [7, 11) is 0. The van der Waals surface area contributed by atoms with E-state index in [2.05, 4.69) is 25.6 Å². The Bertz CT molecular complexity index is 430. The standard InChI is InChI=1S/C11H18ClN5O2/c1-4-6-19-11-16-9(12)15-10(17-11)14-7(3)8(18)13-5-2/h7H,4-6H2,1-3H3,(H,13,18)(H,14,15,16,17). The Kier molecular flexibility index (Phi) is 6.27. The molecule has 1 rings (SSSR count). The van der Waals surface area contributed by atoms with Gasteiger partial charge in [-0.15, -0.1) is 0 Å². The van der Waals surface area contributed by atoms with Crippen molar-refractivity contribution in [3.8, 4) is 6.01 Å². The van der Waals surface area contributed by atoms with E-state index in [1.807, 2.05) is 13.8 Å². The van der Waals surface area contributed by atoms with Gasteiger partial charge in [0.2, 0.25) is 17.1 Å². The van der Waals surface area contributed by atoms with E-state index in [0.29, 0.717) is 13.2 Å². The second kappa shape index (κ2) is 7.73. The first kappa shape index (κ1) is 15.4. The van der Waals surface area contributed by atoms with Gasteiger partial charge >= 0.3 is 6.01 Å². The third kappa shape index (κ3) is 5.25. The molecule has 1 aromatic rings. The molecular formula is C11H18ClN5O2. The zero-order valence-corrected chi connectivity index (χ0v) is 12.0. The highest BCUT2D eigenvalue weighted by molar-refractivity contribution is 6.28. The second-order valence-electron chi connectivity index (χ2n) is 3.82. The first-order chi connectivity index (χ1) is 9.06. The molecule has 0 aliphatic rings. The normalized spacial score (nSPS) is 11.8. The Morgan fingerprint density at radius 1 is 1.37 bits per heavy atom. The van der Waals surface area contributed by atoms with Gasteiger partial charge in [0.25, 0.3) is 0 Å². The van der Waals surface area contributed by atoms with Crippen LogP contribution in [0, 0.1) is 0 Å². The highest BCUT2D eigenvalue weighted by Gasteiger charge is 2.14. The summed E-state index contributed by atoms with van der Waals surface area (Å²) in [6.45, 7) is 6.58. The quantitative estimate of drug-likeness (QED) is 0.784. The third-order valence-corrected chi connectivity index (χ3v) is 2.28. The van der Waals surface area contributed by atoms with Crippen molar-refractivity contribution in [2.24, 2.45) is 0 Å². The SMILES string of the molecule is CCCOc1nc(Cl)nc(NC(C)C(=O)NCC)n1. The van der Waals surface area contributed by atoms with Gasteiger partial charge in [0.15, 0.2) is 0 Å². The Labute approximate surface area is 117 Å². The number of nitrogens with one attached hydrogen (secondary N) is 2. The van der Waals surface area contributed by atoms with Gasteiger partial charge in [-0.05, 0) is 31.9 Å². The van der Waals surface area contributed by atoms with Crippen molar-refractivity contribution in [3.05, 3.63) is 5.28 Å². The third-order valence-electron chi connectivity index (χ3n) is 2.11. The van der Waals surface area contributed by atoms with Crippen LogP contribution >= 0.6 is 11.6 Å². The van der Waals surface area contributed by atoms with Crippen LogP contribution in [0.15, 0.2) is 0 Å². The molecule has 0 aromatic carbocycles. The molecule has 0 aliphatic heterocycles. The van der Waals surface area contributed by atoms with Crippen LogP contribution in [0.25, 0.3) is 0 Å². The number of likely N-dealkylation sites (N-methyl/N-ethyl adjacent to an activating group) is 1. The van der Waals surface area contributed by atoms with Gasteiger partial charge in [0, 0.05) is 6.54 Å². The van der Waals surface area contributed by atoms with Gasteiger partial charge in [0.1, 0.15) is 6.04 Å². The number of nitrogens with zero attached hydrogens (tertiary/aromatic N) is 3. The van der Waals surface area contributed by atoms with Crippen molar-refractivity contribution in [1.29, 1.82) is 0 Å². The van der Waals surface area contributed by atoms with Crippen LogP contribution in [0.1, 0.15) is 27.2 Å². The van der Waals surface area contributed by atoms with E-state index >= 15 is 0 Å². The minimum Gasteiger partial charge on any atom is -0.463 e. The molecule has 0 bridgehead atoms. The molecule has 19 heavy (non-hydrogen) atoms. The number of ether oxygens (including phenoxy) is 1. The van der Waals surface area contributed by atoms with Gasteiger partial charge in [-0.25, -0.2) is 0 Å². The summed E-state index contributed by atoms with van der Waals surface area (Å²) in [6.07, 6.45) is 0.835. The Hall–Kier alpha value is -1.63. The van der Waals surface area contributed by atoms with Crippen LogP contribution in [-0.2, 0) is 4.79 Å². The molecule has 8 heteroatoms. The summed E-state index contributed by atoms with van der Waals surface area (Å²) in [5.74, 6) is 0.0694. The molecule has 0 saturated heterocycles. The number of halogens is 1. The van der Waals surface area contributed by atoms with Crippen LogP contribution in [0.4, 0.5) is 5.95 Å². The Morgan fingerprint density at radius 3 is 2.74 bits per heavy atom.